The molecule has 5 aromatic rings. The number of rotatable bonds is 9. The van der Waals surface area contributed by atoms with Gasteiger partial charge in [0.2, 0.25) is 5.78 Å². The molecule has 1 N–H and O–H groups in total. The van der Waals surface area contributed by atoms with Crippen LogP contribution in [0.5, 0.6) is 0 Å². The van der Waals surface area contributed by atoms with E-state index in [1.807, 2.05) is 17.5 Å². The van der Waals surface area contributed by atoms with Crippen LogP contribution in [-0.4, -0.2) is 44.5 Å². The molecule has 38 heavy (non-hydrogen) atoms. The number of carbonyl (C=O) groups is 2. The molecule has 0 saturated heterocycles. The fourth-order valence-electron chi connectivity index (χ4n) is 3.77. The number of pyridine rings is 1. The van der Waals surface area contributed by atoms with Gasteiger partial charge >= 0.3 is 0 Å². The van der Waals surface area contributed by atoms with E-state index in [9.17, 15) is 14.4 Å². The molecule has 0 unspecified atom stereocenters. The van der Waals surface area contributed by atoms with Crippen LogP contribution in [0, 0.1) is 0 Å². The summed E-state index contributed by atoms with van der Waals surface area (Å²) in [4.78, 5) is 42.4. The largest absolute Gasteiger partial charge is 0.365 e. The Bertz CT molecular complexity index is 1650. The summed E-state index contributed by atoms with van der Waals surface area (Å²) in [6.07, 6.45) is 0. The van der Waals surface area contributed by atoms with Crippen molar-refractivity contribution >= 4 is 69.1 Å². The fraction of sp³-hybridized carbons (Fsp3) is 0.160. The smallest absolute Gasteiger partial charge is 0.290 e. The maximum Gasteiger partial charge on any atom is 0.290 e. The molecule has 0 atom stereocenters. The van der Waals surface area contributed by atoms with Crippen LogP contribution in [0.1, 0.15) is 25.0 Å². The van der Waals surface area contributed by atoms with Crippen molar-refractivity contribution in [2.75, 3.05) is 24.3 Å². The predicted molar refractivity (Wildman–Crippen MR) is 153 cm³/mol. The van der Waals surface area contributed by atoms with Gasteiger partial charge in [0.15, 0.2) is 0 Å². The van der Waals surface area contributed by atoms with Crippen molar-refractivity contribution < 1.29 is 9.59 Å². The maximum atomic E-state index is 13.3. The van der Waals surface area contributed by atoms with Gasteiger partial charge in [0.05, 0.1) is 28.0 Å². The number of nitrogens with one attached hydrogen (secondary N) is 1. The minimum Gasteiger partial charge on any atom is -0.365 e. The number of anilines is 2. The average molecular weight is 585 g/mol. The van der Waals surface area contributed by atoms with Gasteiger partial charge in [-0.1, -0.05) is 17.7 Å². The summed E-state index contributed by atoms with van der Waals surface area (Å²) in [5.41, 5.74) is 0.928. The molecule has 0 fully saturated rings. The predicted octanol–water partition coefficient (Wildman–Crippen LogP) is 5.19. The highest BCUT2D eigenvalue weighted by Crippen LogP contribution is 2.27. The highest BCUT2D eigenvalue weighted by atomic mass is 35.5. The van der Waals surface area contributed by atoms with E-state index in [0.717, 1.165) is 4.88 Å². The number of hydrogen-bond donors (Lipinski definition) is 1. The van der Waals surface area contributed by atoms with Gasteiger partial charge in [-0.05, 0) is 47.2 Å². The molecule has 9 nitrogen and oxygen atoms in total. The first-order valence-electron chi connectivity index (χ1n) is 11.3. The van der Waals surface area contributed by atoms with Crippen LogP contribution in [0.25, 0.3) is 11.3 Å². The Morgan fingerprint density at radius 1 is 1.11 bits per heavy atom. The number of Topliss-reactive ketones (excluding diaryl/α,β-unsaturated/α-hetero) is 1. The first-order valence-corrected chi connectivity index (χ1v) is 14.2. The molecule has 0 amide bonds. The lowest BCUT2D eigenvalue weighted by Gasteiger charge is -2.19. The highest BCUT2D eigenvalue weighted by molar-refractivity contribution is 7.16. The van der Waals surface area contributed by atoms with Crippen LogP contribution in [0.2, 0.25) is 4.34 Å². The molecular weight excluding hydrogens is 564 g/mol. The highest BCUT2D eigenvalue weighted by Gasteiger charge is 2.21. The second-order valence-corrected chi connectivity index (χ2v) is 11.8. The standard InChI is InChI=1S/C25H21ClN6O3S3/c1-30(2)23-10-15(11-24(34)31(23)14-19(33)17-7-9-37-29-17)18-12-22(27-13-16-5-6-21(26)38-16)32(28-18)25(35)20-4-3-8-36-20/h3-12,27H,13-14H2,1-2H3. The zero-order chi connectivity index (χ0) is 26.8. The van der Waals surface area contributed by atoms with Crippen molar-refractivity contribution in [1.82, 2.24) is 18.7 Å². The Morgan fingerprint density at radius 2 is 1.95 bits per heavy atom. The van der Waals surface area contributed by atoms with E-state index in [-0.39, 0.29) is 23.8 Å². The Morgan fingerprint density at radius 3 is 2.61 bits per heavy atom. The summed E-state index contributed by atoms with van der Waals surface area (Å²) < 4.78 is 7.46. The van der Waals surface area contributed by atoms with Gasteiger partial charge in [0, 0.05) is 42.0 Å². The molecule has 0 saturated carbocycles. The third-order valence-electron chi connectivity index (χ3n) is 5.59. The molecule has 0 aliphatic carbocycles. The van der Waals surface area contributed by atoms with E-state index < -0.39 is 0 Å². The second-order valence-electron chi connectivity index (χ2n) is 8.40. The van der Waals surface area contributed by atoms with Crippen LogP contribution >= 0.6 is 45.8 Å². The monoisotopic (exact) mass is 584 g/mol. The summed E-state index contributed by atoms with van der Waals surface area (Å²) in [5.74, 6) is 0.471. The van der Waals surface area contributed by atoms with Crippen LogP contribution in [-0.2, 0) is 13.1 Å². The van der Waals surface area contributed by atoms with Crippen molar-refractivity contribution in [2.24, 2.45) is 0 Å². The molecule has 194 valence electrons. The Kier molecular flexibility index (Phi) is 7.56. The van der Waals surface area contributed by atoms with Crippen molar-refractivity contribution in [2.45, 2.75) is 13.1 Å². The molecule has 13 heteroatoms. The van der Waals surface area contributed by atoms with E-state index >= 15 is 0 Å². The normalized spacial score (nSPS) is 11.0. The molecule has 0 radical (unpaired) electrons. The number of carbonyl (C=O) groups excluding carboxylic acids is 2. The van der Waals surface area contributed by atoms with Crippen molar-refractivity contribution in [3.8, 4) is 11.3 Å². The summed E-state index contributed by atoms with van der Waals surface area (Å²) in [7, 11) is 3.58. The molecule has 0 aromatic carbocycles. The van der Waals surface area contributed by atoms with Gasteiger partial charge in [-0.2, -0.15) is 14.2 Å². The van der Waals surface area contributed by atoms with Crippen LogP contribution < -0.4 is 15.8 Å². The molecule has 0 bridgehead atoms. The Labute approximate surface area is 234 Å². The number of aromatic nitrogens is 4. The molecule has 0 aliphatic heterocycles. The van der Waals surface area contributed by atoms with Gasteiger partial charge < -0.3 is 10.2 Å². The lowest BCUT2D eigenvalue weighted by Crippen LogP contribution is -2.29. The van der Waals surface area contributed by atoms with Gasteiger partial charge in [-0.25, -0.2) is 0 Å². The minimum absolute atomic E-state index is 0.141. The number of thiophene rings is 2. The first kappa shape index (κ1) is 26.0. The van der Waals surface area contributed by atoms with Crippen molar-refractivity contribution in [3.05, 3.63) is 89.4 Å². The van der Waals surface area contributed by atoms with E-state index in [1.54, 1.807) is 54.7 Å². The second kappa shape index (κ2) is 11.0. The molecular formula is C25H21ClN6O3S3. The van der Waals surface area contributed by atoms with Crippen LogP contribution in [0.4, 0.5) is 11.6 Å². The van der Waals surface area contributed by atoms with E-state index in [4.69, 9.17) is 11.6 Å². The number of halogens is 1. The number of ketones is 1. The van der Waals surface area contributed by atoms with Crippen molar-refractivity contribution in [1.29, 1.82) is 0 Å². The first-order chi connectivity index (χ1) is 18.3. The van der Waals surface area contributed by atoms with Gasteiger partial charge in [0.1, 0.15) is 17.3 Å². The molecule has 5 aromatic heterocycles. The van der Waals surface area contributed by atoms with E-state index in [0.29, 0.717) is 44.3 Å². The van der Waals surface area contributed by atoms with Gasteiger partial charge in [-0.3, -0.25) is 19.0 Å². The zero-order valence-electron chi connectivity index (χ0n) is 20.3. The van der Waals surface area contributed by atoms with E-state index in [1.165, 1.54) is 49.5 Å². The quantitative estimate of drug-likeness (QED) is 0.238. The fourth-order valence-corrected chi connectivity index (χ4v) is 5.98. The summed E-state index contributed by atoms with van der Waals surface area (Å²) in [5, 5.41) is 11.4. The molecule has 5 heterocycles. The zero-order valence-corrected chi connectivity index (χ0v) is 23.5. The van der Waals surface area contributed by atoms with Crippen molar-refractivity contribution in [3.63, 3.8) is 0 Å². The van der Waals surface area contributed by atoms with Crippen LogP contribution in [0.15, 0.2) is 64.1 Å². The Balaban J connectivity index is 1.52. The summed E-state index contributed by atoms with van der Waals surface area (Å²) in [6, 6.07) is 13.9. The molecule has 5 rings (SSSR count). The van der Waals surface area contributed by atoms with Crippen LogP contribution in [0.3, 0.4) is 0 Å². The lowest BCUT2D eigenvalue weighted by molar-refractivity contribution is 0.0948. The SMILES string of the molecule is CN(C)c1cc(-c2cc(NCc3ccc(Cl)s3)n(C(=O)c3cccs3)n2)cc(=O)n1CC(=O)c1ccsn1. The lowest BCUT2D eigenvalue weighted by atomic mass is 10.1. The van der Waals surface area contributed by atoms with Gasteiger partial charge in [0.25, 0.3) is 11.5 Å². The van der Waals surface area contributed by atoms with E-state index in [2.05, 4.69) is 14.8 Å². The average Bonchev–Trinajstić information content (AvgIpc) is 3.71. The summed E-state index contributed by atoms with van der Waals surface area (Å²) >= 11 is 10.0. The summed E-state index contributed by atoms with van der Waals surface area (Å²) in [6.45, 7) is 0.307. The number of hydrogen-bond acceptors (Lipinski definition) is 10. The Hall–Kier alpha value is -3.58. The third-order valence-corrected chi connectivity index (χ3v) is 8.24. The molecule has 0 spiro atoms. The van der Waals surface area contributed by atoms with Gasteiger partial charge in [-0.15, -0.1) is 22.7 Å². The topological polar surface area (TPSA) is 102 Å². The maximum absolute atomic E-state index is 13.3. The third kappa shape index (κ3) is 5.48. The molecule has 0 aliphatic rings. The number of nitrogens with zero attached hydrogens (tertiary/aromatic N) is 5. The minimum atomic E-state index is -0.364.